The molecule has 3 fully saturated rings. The van der Waals surface area contributed by atoms with Crippen LogP contribution in [0.2, 0.25) is 10.0 Å². The Morgan fingerprint density at radius 1 is 0.961 bits per heavy atom. The second kappa shape index (κ2) is 15.2. The molecule has 51 heavy (non-hydrogen) atoms. The molecule has 6 rings (SSSR count). The average Bonchev–Trinajstić information content (AvgIpc) is 3.90. The lowest BCUT2D eigenvalue weighted by Crippen LogP contribution is -2.52. The van der Waals surface area contributed by atoms with E-state index in [1.54, 1.807) is 17.2 Å². The number of hydrogen-bond donors (Lipinski definition) is 2. The summed E-state index contributed by atoms with van der Waals surface area (Å²) in [6.07, 6.45) is 3.99. The number of nitrogens with one attached hydrogen (secondary N) is 1. The van der Waals surface area contributed by atoms with Crippen molar-refractivity contribution in [2.75, 3.05) is 50.7 Å². The number of aliphatic carboxylic acids is 1. The Labute approximate surface area is 308 Å². The number of anilines is 1. The molecule has 0 spiro atoms. The smallest absolute Gasteiger partial charge is 0.407 e. The van der Waals surface area contributed by atoms with Crippen LogP contribution in [0.25, 0.3) is 11.3 Å². The van der Waals surface area contributed by atoms with Crippen molar-refractivity contribution in [3.8, 4) is 22.9 Å². The van der Waals surface area contributed by atoms with E-state index in [4.69, 9.17) is 37.7 Å². The molecular formula is C37H44Cl2N6O6. The molecule has 0 atom stereocenters. The number of pyridine rings is 2. The van der Waals surface area contributed by atoms with Crippen LogP contribution in [0.4, 0.5) is 10.6 Å². The Morgan fingerprint density at radius 3 is 2.24 bits per heavy atom. The first-order chi connectivity index (χ1) is 24.3. The van der Waals surface area contributed by atoms with E-state index in [9.17, 15) is 19.5 Å². The minimum Gasteiger partial charge on any atom is -0.480 e. The number of piperazine rings is 1. The van der Waals surface area contributed by atoms with Crippen molar-refractivity contribution in [2.24, 2.45) is 11.3 Å². The van der Waals surface area contributed by atoms with E-state index in [2.05, 4.69) is 20.1 Å². The van der Waals surface area contributed by atoms with Gasteiger partial charge in [0.05, 0.1) is 11.9 Å². The fourth-order valence-corrected chi connectivity index (χ4v) is 7.05. The number of nitrogens with zero attached hydrogens (tertiary/aromatic N) is 5. The van der Waals surface area contributed by atoms with Crippen molar-refractivity contribution >= 4 is 47.0 Å². The number of amides is 2. The highest BCUT2D eigenvalue weighted by Crippen LogP contribution is 2.47. The maximum atomic E-state index is 12.8. The molecule has 2 aromatic heterocycles. The number of aromatic nitrogens is 2. The zero-order valence-corrected chi connectivity index (χ0v) is 30.7. The lowest BCUT2D eigenvalue weighted by atomic mass is 9.96. The highest BCUT2D eigenvalue weighted by Gasteiger charge is 2.58. The monoisotopic (exact) mass is 738 g/mol. The molecule has 0 bridgehead atoms. The lowest BCUT2D eigenvalue weighted by molar-refractivity contribution is -0.153. The van der Waals surface area contributed by atoms with E-state index in [1.165, 1.54) is 0 Å². The quantitative estimate of drug-likeness (QED) is 0.222. The van der Waals surface area contributed by atoms with Crippen LogP contribution in [-0.4, -0.2) is 94.3 Å². The molecule has 1 aliphatic carbocycles. The van der Waals surface area contributed by atoms with Crippen LogP contribution >= 0.6 is 23.2 Å². The molecule has 2 N–H and O–H groups in total. The third-order valence-corrected chi connectivity index (χ3v) is 9.91. The molecule has 4 heterocycles. The SMILES string of the molecule is CC(C)(C)OC(=O)NCC1CCN(Cc2cc(Oc3ccc(N4CCN(C(=O)C5(C(=O)O)CC5)CC4)nc3)nc(-c3cc(Cl)cc(Cl)c3)c2)CC1. The summed E-state index contributed by atoms with van der Waals surface area (Å²) in [5.74, 6) is 0.740. The summed E-state index contributed by atoms with van der Waals surface area (Å²) in [5, 5.41) is 13.4. The summed E-state index contributed by atoms with van der Waals surface area (Å²) < 4.78 is 11.6. The molecule has 2 saturated heterocycles. The highest BCUT2D eigenvalue weighted by molar-refractivity contribution is 6.35. The largest absolute Gasteiger partial charge is 0.480 e. The number of alkyl carbamates (subject to hydrolysis) is 1. The number of ether oxygens (including phenoxy) is 2. The average molecular weight is 740 g/mol. The Hall–Kier alpha value is -4.13. The lowest BCUT2D eigenvalue weighted by Gasteiger charge is -2.36. The molecular weight excluding hydrogens is 695 g/mol. The standard InChI is InChI=1S/C37H44Cl2N6O6/c1-36(2,3)51-35(49)41-21-24-6-10-43(11-7-24)23-25-16-30(26-18-27(38)20-28(39)19-26)42-32(17-25)50-29-4-5-31(40-22-29)44-12-14-45(15-13-44)33(46)37(8-9-37)34(47)48/h4-5,16-20,22,24H,6-15,21,23H2,1-3H3,(H,41,49)(H,47,48). The van der Waals surface area contributed by atoms with Gasteiger partial charge in [0.25, 0.3) is 0 Å². The zero-order valence-electron chi connectivity index (χ0n) is 29.2. The topological polar surface area (TPSA) is 137 Å². The summed E-state index contributed by atoms with van der Waals surface area (Å²) in [5.41, 5.74) is 0.721. The number of carbonyl (C=O) groups is 3. The first-order valence-corrected chi connectivity index (χ1v) is 18.1. The van der Waals surface area contributed by atoms with Crippen LogP contribution in [0.15, 0.2) is 48.7 Å². The summed E-state index contributed by atoms with van der Waals surface area (Å²) in [4.78, 5) is 52.1. The molecule has 1 aromatic carbocycles. The molecule has 272 valence electrons. The number of carbonyl (C=O) groups excluding carboxylic acids is 2. The Kier molecular flexibility index (Phi) is 10.9. The van der Waals surface area contributed by atoms with Crippen molar-refractivity contribution < 1.29 is 29.0 Å². The maximum absolute atomic E-state index is 12.8. The van der Waals surface area contributed by atoms with Gasteiger partial charge < -0.3 is 29.7 Å². The Bertz CT molecular complexity index is 1730. The van der Waals surface area contributed by atoms with E-state index in [0.29, 0.717) is 85.4 Å². The summed E-state index contributed by atoms with van der Waals surface area (Å²) in [7, 11) is 0. The van der Waals surface area contributed by atoms with Gasteiger partial charge in [-0.15, -0.1) is 0 Å². The molecule has 0 radical (unpaired) electrons. The fourth-order valence-electron chi connectivity index (χ4n) is 6.53. The van der Waals surface area contributed by atoms with Crippen LogP contribution < -0.4 is 15.0 Å². The predicted octanol–water partition coefficient (Wildman–Crippen LogP) is 6.49. The molecule has 0 unspecified atom stereocenters. The molecule has 2 amide bonds. The zero-order chi connectivity index (χ0) is 36.3. The van der Waals surface area contributed by atoms with Gasteiger partial charge in [0, 0.05) is 60.9 Å². The van der Waals surface area contributed by atoms with Crippen molar-refractivity contribution in [2.45, 2.75) is 58.6 Å². The van der Waals surface area contributed by atoms with Crippen molar-refractivity contribution in [1.29, 1.82) is 0 Å². The molecule has 3 aliphatic rings. The summed E-state index contributed by atoms with van der Waals surface area (Å²) >= 11 is 12.7. The van der Waals surface area contributed by atoms with Gasteiger partial charge in [-0.1, -0.05) is 23.2 Å². The number of carboxylic acids is 1. The molecule has 3 aromatic rings. The van der Waals surface area contributed by atoms with Crippen LogP contribution in [0, 0.1) is 11.3 Å². The van der Waals surface area contributed by atoms with E-state index in [1.807, 2.05) is 57.2 Å². The first-order valence-electron chi connectivity index (χ1n) is 17.3. The number of benzene rings is 1. The van der Waals surface area contributed by atoms with Crippen LogP contribution in [0.1, 0.15) is 52.0 Å². The minimum atomic E-state index is -1.22. The van der Waals surface area contributed by atoms with Crippen molar-refractivity contribution in [3.63, 3.8) is 0 Å². The second-order valence-corrected chi connectivity index (χ2v) is 15.5. The minimum absolute atomic E-state index is 0.280. The number of likely N-dealkylation sites (tertiary alicyclic amines) is 1. The molecule has 12 nitrogen and oxygen atoms in total. The number of hydrogen-bond acceptors (Lipinski definition) is 9. The van der Waals surface area contributed by atoms with E-state index in [-0.39, 0.29) is 12.0 Å². The molecule has 14 heteroatoms. The van der Waals surface area contributed by atoms with E-state index >= 15 is 0 Å². The number of piperidine rings is 1. The maximum Gasteiger partial charge on any atom is 0.407 e. The third kappa shape index (κ3) is 9.41. The molecule has 1 saturated carbocycles. The number of carboxylic acid groups (broad SMARTS) is 1. The third-order valence-electron chi connectivity index (χ3n) is 9.47. The fraction of sp³-hybridized carbons (Fsp3) is 0.486. The molecule has 2 aliphatic heterocycles. The number of rotatable bonds is 10. The van der Waals surface area contributed by atoms with Crippen LogP contribution in [0.5, 0.6) is 11.6 Å². The predicted molar refractivity (Wildman–Crippen MR) is 194 cm³/mol. The van der Waals surface area contributed by atoms with Gasteiger partial charge in [0.15, 0.2) is 0 Å². The van der Waals surface area contributed by atoms with Gasteiger partial charge in [-0.3, -0.25) is 14.5 Å². The summed E-state index contributed by atoms with van der Waals surface area (Å²) in [6, 6.07) is 13.0. The van der Waals surface area contributed by atoms with E-state index < -0.39 is 17.0 Å². The number of halogens is 2. The van der Waals surface area contributed by atoms with Gasteiger partial charge >= 0.3 is 12.1 Å². The second-order valence-electron chi connectivity index (χ2n) is 14.6. The van der Waals surface area contributed by atoms with Gasteiger partial charge in [0.1, 0.15) is 22.6 Å². The highest BCUT2D eigenvalue weighted by atomic mass is 35.5. The van der Waals surface area contributed by atoms with Gasteiger partial charge in [-0.05, 0) is 107 Å². The van der Waals surface area contributed by atoms with Crippen LogP contribution in [0.3, 0.4) is 0 Å². The van der Waals surface area contributed by atoms with Gasteiger partial charge in [0.2, 0.25) is 11.8 Å². The van der Waals surface area contributed by atoms with Crippen LogP contribution in [-0.2, 0) is 20.9 Å². The first kappa shape index (κ1) is 36.7. The normalized spacial score (nSPS) is 17.9. The Balaban J connectivity index is 1.09. The summed E-state index contributed by atoms with van der Waals surface area (Å²) in [6.45, 7) is 10.6. The van der Waals surface area contributed by atoms with Gasteiger partial charge in [-0.2, -0.15) is 0 Å². The van der Waals surface area contributed by atoms with E-state index in [0.717, 1.165) is 42.9 Å². The Morgan fingerprint density at radius 2 is 1.65 bits per heavy atom. The van der Waals surface area contributed by atoms with Crippen molar-refractivity contribution in [3.05, 3.63) is 64.3 Å². The van der Waals surface area contributed by atoms with Crippen molar-refractivity contribution in [1.82, 2.24) is 25.1 Å². The van der Waals surface area contributed by atoms with Gasteiger partial charge in [-0.25, -0.2) is 14.8 Å².